The predicted octanol–water partition coefficient (Wildman–Crippen LogP) is -0.0514. The van der Waals surface area contributed by atoms with Crippen molar-refractivity contribution < 1.29 is 65.5 Å². The van der Waals surface area contributed by atoms with Gasteiger partial charge in [0.2, 0.25) is 0 Å². The number of anilines is 1. The molecule has 0 spiro atoms. The average Bonchev–Trinajstić information content (AvgIpc) is 2.65. The van der Waals surface area contributed by atoms with E-state index in [-0.39, 0.29) is 51.7 Å². The second-order valence-electron chi connectivity index (χ2n) is 6.10. The molecule has 0 unspecified atom stereocenters. The summed E-state index contributed by atoms with van der Waals surface area (Å²) in [6, 6.07) is 6.89. The first-order valence-corrected chi connectivity index (χ1v) is 10.9. The van der Waals surface area contributed by atoms with E-state index in [9.17, 15) is 41.2 Å². The quantitative estimate of drug-likeness (QED) is 0.0929. The van der Waals surface area contributed by atoms with Gasteiger partial charge in [-0.3, -0.25) is 19.2 Å². The maximum Gasteiger partial charge on any atom is 1.00 e. The third kappa shape index (κ3) is 5.21. The smallest absolute Gasteiger partial charge is 0.507 e. The number of azo groups is 1. The fraction of sp³-hybridized carbons (Fsp3) is 0. The number of aromatic hydroxyl groups is 1. The third-order valence-electron chi connectivity index (χ3n) is 4.06. The summed E-state index contributed by atoms with van der Waals surface area (Å²) in [5.74, 6) is -0.620. The van der Waals surface area contributed by atoms with E-state index in [2.05, 4.69) is 10.2 Å². The monoisotopic (exact) mass is 491 g/mol. The minimum absolute atomic E-state index is 0. The van der Waals surface area contributed by atoms with E-state index in [1.165, 1.54) is 12.1 Å². The number of phenols is 1. The van der Waals surface area contributed by atoms with Crippen LogP contribution in [0.3, 0.4) is 0 Å². The minimum Gasteiger partial charge on any atom is -0.507 e. The molecule has 3 aromatic carbocycles. The van der Waals surface area contributed by atoms with Gasteiger partial charge in [-0.25, -0.2) is 0 Å². The normalized spacial score (nSPS) is 12.1. The first-order chi connectivity index (χ1) is 14.3. The van der Waals surface area contributed by atoms with Gasteiger partial charge in [-0.2, -0.15) is 16.8 Å². The molecule has 0 heterocycles. The van der Waals surface area contributed by atoms with Crippen LogP contribution in [0.4, 0.5) is 22.7 Å². The van der Waals surface area contributed by atoms with Gasteiger partial charge < -0.3 is 10.8 Å². The van der Waals surface area contributed by atoms with E-state index in [0.29, 0.717) is 6.07 Å². The summed E-state index contributed by atoms with van der Waals surface area (Å²) >= 11 is 0. The van der Waals surface area contributed by atoms with Crippen LogP contribution in [0, 0.1) is 10.1 Å². The molecule has 0 atom stereocenters. The van der Waals surface area contributed by atoms with Crippen molar-refractivity contribution in [1.82, 2.24) is 0 Å². The van der Waals surface area contributed by atoms with Gasteiger partial charge >= 0.3 is 29.6 Å². The largest absolute Gasteiger partial charge is 1.00 e. The average molecular weight is 491 g/mol. The van der Waals surface area contributed by atoms with Gasteiger partial charge in [-0.15, -0.1) is 10.2 Å². The van der Waals surface area contributed by atoms with E-state index >= 15 is 0 Å². The fourth-order valence-corrected chi connectivity index (χ4v) is 3.86. The number of nitrogens with two attached hydrogens (primary N) is 1. The van der Waals surface area contributed by atoms with Gasteiger partial charge in [0.25, 0.3) is 25.9 Å². The summed E-state index contributed by atoms with van der Waals surface area (Å²) in [6.07, 6.45) is 0. The van der Waals surface area contributed by atoms with Crippen molar-refractivity contribution in [2.45, 2.75) is 9.79 Å². The molecule has 0 saturated heterocycles. The molecule has 0 bridgehead atoms. The first kappa shape index (κ1) is 25.6. The molecule has 0 aliphatic carbocycles. The molecule has 0 fully saturated rings. The Bertz CT molecular complexity index is 1490. The molecule has 5 N–H and O–H groups in total. The SMILES string of the molecule is Nc1ccc2cc(S(=O)(=O)O)cc(O)c2c1N=Nc1ccc([N+](=O)[O-])cc1S(=O)(=O)O.[Na+]. The summed E-state index contributed by atoms with van der Waals surface area (Å²) in [7, 11) is -9.53. The van der Waals surface area contributed by atoms with E-state index < -0.39 is 52.1 Å². The van der Waals surface area contributed by atoms with E-state index in [1.807, 2.05) is 0 Å². The Morgan fingerprint density at radius 1 is 0.938 bits per heavy atom. The zero-order valence-electron chi connectivity index (χ0n) is 16.1. The standard InChI is InChI=1S/C16H12N4O9S2.Na/c17-11-3-1-8-5-10(30(24,25)26)7-13(21)15(8)16(11)19-18-12-4-2-9(20(22)23)6-14(12)31(27,28)29;/h1-7,21H,17H2,(H,24,25,26)(H,27,28,29);/q;+1. The van der Waals surface area contributed by atoms with Gasteiger partial charge in [0, 0.05) is 18.2 Å². The number of rotatable bonds is 5. The molecule has 162 valence electrons. The maximum atomic E-state index is 11.6. The Morgan fingerprint density at radius 2 is 1.59 bits per heavy atom. The Labute approximate surface area is 202 Å². The third-order valence-corrected chi connectivity index (χ3v) is 5.78. The van der Waals surface area contributed by atoms with Crippen molar-refractivity contribution in [3.8, 4) is 5.75 Å². The number of fused-ring (bicyclic) bond motifs is 1. The van der Waals surface area contributed by atoms with Crippen LogP contribution in [-0.4, -0.2) is 36.0 Å². The maximum absolute atomic E-state index is 11.6. The number of nitro groups is 1. The summed E-state index contributed by atoms with van der Waals surface area (Å²) in [5, 5.41) is 28.6. The number of nitrogen functional groups attached to an aromatic ring is 1. The first-order valence-electron chi connectivity index (χ1n) is 7.99. The number of nitrogens with zero attached hydrogens (tertiary/aromatic N) is 3. The van der Waals surface area contributed by atoms with Crippen LogP contribution in [-0.2, 0) is 20.2 Å². The van der Waals surface area contributed by atoms with Gasteiger partial charge in [0.05, 0.1) is 20.9 Å². The van der Waals surface area contributed by atoms with Crippen molar-refractivity contribution >= 4 is 53.8 Å². The second kappa shape index (κ2) is 9.07. The van der Waals surface area contributed by atoms with Crippen LogP contribution in [0.2, 0.25) is 0 Å². The molecule has 0 aliphatic heterocycles. The van der Waals surface area contributed by atoms with Gasteiger partial charge in [-0.1, -0.05) is 6.07 Å². The number of phenolic OH excluding ortho intramolecular Hbond substituents is 1. The number of benzene rings is 3. The van der Waals surface area contributed by atoms with Crippen LogP contribution < -0.4 is 35.3 Å². The Balaban J connectivity index is 0.00000363. The van der Waals surface area contributed by atoms with Gasteiger partial charge in [0.1, 0.15) is 22.0 Å². The number of hydrogen-bond acceptors (Lipinski definition) is 10. The Hall–Kier alpha value is -2.66. The zero-order valence-corrected chi connectivity index (χ0v) is 19.7. The summed E-state index contributed by atoms with van der Waals surface area (Å²) in [6.45, 7) is 0. The van der Waals surface area contributed by atoms with Crippen LogP contribution in [0.5, 0.6) is 5.75 Å². The Kier molecular flexibility index (Phi) is 7.25. The molecule has 0 radical (unpaired) electrons. The summed E-state index contributed by atoms with van der Waals surface area (Å²) < 4.78 is 64.4. The zero-order chi connectivity index (χ0) is 23.1. The van der Waals surface area contributed by atoms with Crippen molar-refractivity contribution in [2.24, 2.45) is 10.2 Å². The van der Waals surface area contributed by atoms with E-state index in [1.54, 1.807) is 0 Å². The molecule has 3 aromatic rings. The molecular formula is C16H12N4NaO9S2+. The van der Waals surface area contributed by atoms with Crippen LogP contribution >= 0.6 is 0 Å². The molecule has 0 saturated carbocycles. The summed E-state index contributed by atoms with van der Waals surface area (Å²) in [5.41, 5.74) is 4.54. The molecule has 0 aliphatic rings. The van der Waals surface area contributed by atoms with Crippen molar-refractivity contribution in [1.29, 1.82) is 0 Å². The second-order valence-corrected chi connectivity index (χ2v) is 8.91. The summed E-state index contributed by atoms with van der Waals surface area (Å²) in [4.78, 5) is 8.52. The van der Waals surface area contributed by atoms with Crippen LogP contribution in [0.15, 0.2) is 62.5 Å². The molecule has 32 heavy (non-hydrogen) atoms. The van der Waals surface area contributed by atoms with Gasteiger partial charge in [-0.05, 0) is 23.6 Å². The topological polar surface area (TPSA) is 223 Å². The van der Waals surface area contributed by atoms with Crippen molar-refractivity contribution in [3.05, 3.63) is 52.6 Å². The molecule has 0 aromatic heterocycles. The van der Waals surface area contributed by atoms with E-state index in [0.717, 1.165) is 24.3 Å². The molecule has 0 amide bonds. The van der Waals surface area contributed by atoms with E-state index in [4.69, 9.17) is 5.73 Å². The molecular weight excluding hydrogens is 479 g/mol. The number of nitro benzene ring substituents is 1. The van der Waals surface area contributed by atoms with Gasteiger partial charge in [0.15, 0.2) is 0 Å². The number of non-ortho nitro benzene ring substituents is 1. The fourth-order valence-electron chi connectivity index (χ4n) is 2.68. The Morgan fingerprint density at radius 3 is 2.16 bits per heavy atom. The molecule has 3 rings (SSSR count). The minimum atomic E-state index is -4.91. The van der Waals surface area contributed by atoms with Crippen LogP contribution in [0.25, 0.3) is 10.8 Å². The predicted molar refractivity (Wildman–Crippen MR) is 107 cm³/mol. The molecule has 13 nitrogen and oxygen atoms in total. The number of hydrogen-bond donors (Lipinski definition) is 4. The van der Waals surface area contributed by atoms with Crippen molar-refractivity contribution in [2.75, 3.05) is 5.73 Å². The van der Waals surface area contributed by atoms with Crippen molar-refractivity contribution in [3.63, 3.8) is 0 Å². The molecule has 16 heteroatoms. The van der Waals surface area contributed by atoms with Crippen LogP contribution in [0.1, 0.15) is 0 Å².